The number of aromatic nitrogens is 2. The van der Waals surface area contributed by atoms with E-state index >= 15 is 0 Å². The predicted molar refractivity (Wildman–Crippen MR) is 91.6 cm³/mol. The van der Waals surface area contributed by atoms with E-state index in [2.05, 4.69) is 28.3 Å². The molecule has 0 radical (unpaired) electrons. The van der Waals surface area contributed by atoms with E-state index in [9.17, 15) is 4.39 Å². The van der Waals surface area contributed by atoms with Gasteiger partial charge in [-0.15, -0.1) is 0 Å². The molecule has 0 aliphatic carbocycles. The van der Waals surface area contributed by atoms with Crippen LogP contribution in [0.3, 0.4) is 0 Å². The van der Waals surface area contributed by atoms with Gasteiger partial charge in [0.05, 0.1) is 0 Å². The van der Waals surface area contributed by atoms with Crippen LogP contribution >= 0.6 is 11.6 Å². The van der Waals surface area contributed by atoms with E-state index < -0.39 is 0 Å². The van der Waals surface area contributed by atoms with Gasteiger partial charge < -0.3 is 5.32 Å². The zero-order valence-corrected chi connectivity index (χ0v) is 13.5. The molecule has 3 aromatic rings. The smallest absolute Gasteiger partial charge is 0.163 e. The summed E-state index contributed by atoms with van der Waals surface area (Å²) in [6.07, 6.45) is 0. The van der Waals surface area contributed by atoms with E-state index in [1.807, 2.05) is 19.1 Å². The van der Waals surface area contributed by atoms with Crippen LogP contribution in [-0.4, -0.2) is 9.97 Å². The van der Waals surface area contributed by atoms with Gasteiger partial charge in [-0.3, -0.25) is 0 Å². The van der Waals surface area contributed by atoms with Crippen molar-refractivity contribution in [1.82, 2.24) is 9.97 Å². The first kappa shape index (κ1) is 15.4. The molecule has 0 saturated carbocycles. The van der Waals surface area contributed by atoms with E-state index in [1.54, 1.807) is 18.2 Å². The summed E-state index contributed by atoms with van der Waals surface area (Å²) >= 11 is 6.10. The standard InChI is InChI=1S/C18H15ClFN3/c1-11-4-3-5-15(12(11)2)21-17-10-16(19)22-18(23-17)13-6-8-14(20)9-7-13/h3-10H,1-2H3,(H,21,22,23). The Balaban J connectivity index is 1.97. The van der Waals surface area contributed by atoms with E-state index in [0.717, 1.165) is 11.3 Å². The van der Waals surface area contributed by atoms with Crippen LogP contribution in [0, 0.1) is 19.7 Å². The molecule has 0 spiro atoms. The molecule has 5 heteroatoms. The predicted octanol–water partition coefficient (Wildman–Crippen LogP) is 5.30. The molecule has 1 heterocycles. The molecule has 2 aromatic carbocycles. The Morgan fingerprint density at radius 2 is 1.74 bits per heavy atom. The lowest BCUT2D eigenvalue weighted by Gasteiger charge is -2.12. The summed E-state index contributed by atoms with van der Waals surface area (Å²) in [6, 6.07) is 13.7. The fraction of sp³-hybridized carbons (Fsp3) is 0.111. The van der Waals surface area contributed by atoms with E-state index in [1.165, 1.54) is 17.7 Å². The van der Waals surface area contributed by atoms with Gasteiger partial charge >= 0.3 is 0 Å². The van der Waals surface area contributed by atoms with Crippen molar-refractivity contribution in [3.63, 3.8) is 0 Å². The van der Waals surface area contributed by atoms with Crippen molar-refractivity contribution in [1.29, 1.82) is 0 Å². The molecule has 0 bridgehead atoms. The molecule has 0 saturated heterocycles. The highest BCUT2D eigenvalue weighted by Gasteiger charge is 2.08. The van der Waals surface area contributed by atoms with Crippen molar-refractivity contribution in [3.05, 3.63) is 70.6 Å². The number of benzene rings is 2. The van der Waals surface area contributed by atoms with Crippen LogP contribution in [-0.2, 0) is 0 Å². The number of anilines is 2. The van der Waals surface area contributed by atoms with Gasteiger partial charge in [0.15, 0.2) is 5.82 Å². The van der Waals surface area contributed by atoms with Gasteiger partial charge in [0.25, 0.3) is 0 Å². The van der Waals surface area contributed by atoms with Crippen molar-refractivity contribution >= 4 is 23.1 Å². The van der Waals surface area contributed by atoms with Crippen molar-refractivity contribution < 1.29 is 4.39 Å². The highest BCUT2D eigenvalue weighted by Crippen LogP contribution is 2.25. The normalized spacial score (nSPS) is 10.6. The molecule has 0 atom stereocenters. The van der Waals surface area contributed by atoms with Crippen LogP contribution in [0.4, 0.5) is 15.9 Å². The van der Waals surface area contributed by atoms with Crippen LogP contribution in [0.25, 0.3) is 11.4 Å². The fourth-order valence-electron chi connectivity index (χ4n) is 2.23. The van der Waals surface area contributed by atoms with Crippen LogP contribution in [0.15, 0.2) is 48.5 Å². The average molecular weight is 328 g/mol. The van der Waals surface area contributed by atoms with Crippen LogP contribution in [0.5, 0.6) is 0 Å². The number of aryl methyl sites for hydroxylation is 1. The molecule has 0 unspecified atom stereocenters. The van der Waals surface area contributed by atoms with Crippen LogP contribution in [0.1, 0.15) is 11.1 Å². The minimum absolute atomic E-state index is 0.301. The third-order valence-electron chi connectivity index (χ3n) is 3.66. The monoisotopic (exact) mass is 327 g/mol. The molecule has 1 aromatic heterocycles. The number of rotatable bonds is 3. The number of nitrogens with zero attached hydrogens (tertiary/aromatic N) is 2. The number of halogens is 2. The summed E-state index contributed by atoms with van der Waals surface area (Å²) in [6.45, 7) is 4.10. The largest absolute Gasteiger partial charge is 0.340 e. The fourth-order valence-corrected chi connectivity index (χ4v) is 2.42. The molecule has 0 amide bonds. The highest BCUT2D eigenvalue weighted by molar-refractivity contribution is 6.29. The van der Waals surface area contributed by atoms with Crippen molar-refractivity contribution in [3.8, 4) is 11.4 Å². The SMILES string of the molecule is Cc1cccc(Nc2cc(Cl)nc(-c3ccc(F)cc3)n2)c1C. The lowest BCUT2D eigenvalue weighted by Crippen LogP contribution is -2.00. The zero-order valence-electron chi connectivity index (χ0n) is 12.8. The zero-order chi connectivity index (χ0) is 16.4. The molecular formula is C18H15ClFN3. The first-order chi connectivity index (χ1) is 11.0. The molecule has 0 aliphatic rings. The van der Waals surface area contributed by atoms with Gasteiger partial charge in [0, 0.05) is 17.3 Å². The van der Waals surface area contributed by atoms with Crippen molar-refractivity contribution in [2.45, 2.75) is 13.8 Å². The van der Waals surface area contributed by atoms with E-state index in [4.69, 9.17) is 11.6 Å². The quantitative estimate of drug-likeness (QED) is 0.664. The maximum atomic E-state index is 13.1. The summed E-state index contributed by atoms with van der Waals surface area (Å²) < 4.78 is 13.1. The van der Waals surface area contributed by atoms with Gasteiger partial charge in [-0.1, -0.05) is 23.7 Å². The lowest BCUT2D eigenvalue weighted by molar-refractivity contribution is 0.628. The Labute approximate surface area is 139 Å². The Hall–Kier alpha value is -2.46. The second-order valence-electron chi connectivity index (χ2n) is 5.28. The Kier molecular flexibility index (Phi) is 4.26. The highest BCUT2D eigenvalue weighted by atomic mass is 35.5. The van der Waals surface area contributed by atoms with E-state index in [0.29, 0.717) is 22.4 Å². The third kappa shape index (κ3) is 3.48. The minimum Gasteiger partial charge on any atom is -0.340 e. The number of nitrogens with one attached hydrogen (secondary N) is 1. The summed E-state index contributed by atoms with van der Waals surface area (Å²) in [5, 5.41) is 3.59. The molecule has 116 valence electrons. The van der Waals surface area contributed by atoms with Crippen LogP contribution in [0.2, 0.25) is 5.15 Å². The van der Waals surface area contributed by atoms with E-state index in [-0.39, 0.29) is 5.82 Å². The molecule has 3 rings (SSSR count). The topological polar surface area (TPSA) is 37.8 Å². The second-order valence-corrected chi connectivity index (χ2v) is 5.67. The van der Waals surface area contributed by atoms with Gasteiger partial charge in [0.1, 0.15) is 16.8 Å². The maximum Gasteiger partial charge on any atom is 0.163 e. The summed E-state index contributed by atoms with van der Waals surface area (Å²) in [4.78, 5) is 8.68. The third-order valence-corrected chi connectivity index (χ3v) is 3.86. The molecule has 23 heavy (non-hydrogen) atoms. The second kappa shape index (κ2) is 6.34. The minimum atomic E-state index is -0.301. The van der Waals surface area contributed by atoms with Crippen molar-refractivity contribution in [2.75, 3.05) is 5.32 Å². The molecule has 0 fully saturated rings. The molecular weight excluding hydrogens is 313 g/mol. The summed E-state index contributed by atoms with van der Waals surface area (Å²) in [7, 11) is 0. The molecule has 0 aliphatic heterocycles. The first-order valence-electron chi connectivity index (χ1n) is 7.17. The summed E-state index contributed by atoms with van der Waals surface area (Å²) in [5.41, 5.74) is 4.00. The van der Waals surface area contributed by atoms with Crippen molar-refractivity contribution in [2.24, 2.45) is 0 Å². The van der Waals surface area contributed by atoms with Gasteiger partial charge in [-0.25, -0.2) is 14.4 Å². The first-order valence-corrected chi connectivity index (χ1v) is 7.54. The maximum absolute atomic E-state index is 13.1. The van der Waals surface area contributed by atoms with Gasteiger partial charge in [-0.05, 0) is 55.3 Å². The molecule has 3 nitrogen and oxygen atoms in total. The summed E-state index contributed by atoms with van der Waals surface area (Å²) in [5.74, 6) is 0.743. The Morgan fingerprint density at radius 3 is 2.48 bits per heavy atom. The Bertz CT molecular complexity index is 847. The van der Waals surface area contributed by atoms with Crippen LogP contribution < -0.4 is 5.32 Å². The Morgan fingerprint density at radius 1 is 1.00 bits per heavy atom. The number of hydrogen-bond acceptors (Lipinski definition) is 3. The molecule has 1 N–H and O–H groups in total. The number of hydrogen-bond donors (Lipinski definition) is 1. The van der Waals surface area contributed by atoms with Gasteiger partial charge in [-0.2, -0.15) is 0 Å². The lowest BCUT2D eigenvalue weighted by atomic mass is 10.1. The van der Waals surface area contributed by atoms with Gasteiger partial charge in [0.2, 0.25) is 0 Å². The average Bonchev–Trinajstić information content (AvgIpc) is 2.52.